The van der Waals surface area contributed by atoms with Crippen LogP contribution in [0.25, 0.3) is 10.8 Å². The summed E-state index contributed by atoms with van der Waals surface area (Å²) in [6, 6.07) is 7.88. The number of hydrogen-bond donors (Lipinski definition) is 0. The smallest absolute Gasteiger partial charge is 0.269 e. The zero-order valence-electron chi connectivity index (χ0n) is 12.4. The third kappa shape index (κ3) is 3.91. The van der Waals surface area contributed by atoms with Crippen molar-refractivity contribution in [3.8, 4) is 10.8 Å². The second-order valence-corrected chi connectivity index (χ2v) is 6.43. The summed E-state index contributed by atoms with van der Waals surface area (Å²) in [5, 5.41) is 20.1. The number of aromatic nitrogens is 4. The van der Waals surface area contributed by atoms with Gasteiger partial charge in [-0.1, -0.05) is 11.3 Å². The first-order chi connectivity index (χ1) is 11.6. The van der Waals surface area contributed by atoms with Crippen LogP contribution in [-0.4, -0.2) is 25.1 Å². The van der Waals surface area contributed by atoms with E-state index >= 15 is 0 Å². The molecular weight excluding hydrogens is 350 g/mol. The van der Waals surface area contributed by atoms with E-state index in [2.05, 4.69) is 20.2 Å². The normalized spacial score (nSPS) is 12.0. The number of nitro groups is 1. The predicted octanol–water partition coefficient (Wildman–Crippen LogP) is 3.69. The van der Waals surface area contributed by atoms with Gasteiger partial charge < -0.3 is 0 Å². The van der Waals surface area contributed by atoms with E-state index in [1.54, 1.807) is 30.6 Å². The summed E-state index contributed by atoms with van der Waals surface area (Å²) in [5.74, 6) is 0.525. The molecule has 0 aliphatic heterocycles. The zero-order chi connectivity index (χ0) is 16.9. The minimum absolute atomic E-state index is 0.0454. The van der Waals surface area contributed by atoms with Crippen molar-refractivity contribution in [1.82, 2.24) is 20.2 Å². The molecule has 0 radical (unpaired) electrons. The first kappa shape index (κ1) is 16.4. The molecule has 1 aromatic carbocycles. The lowest BCUT2D eigenvalue weighted by Crippen LogP contribution is -1.93. The third-order valence-corrected chi connectivity index (χ3v) is 4.81. The summed E-state index contributed by atoms with van der Waals surface area (Å²) in [7, 11) is 0. The van der Waals surface area contributed by atoms with E-state index in [-0.39, 0.29) is 11.8 Å². The quantitative estimate of drug-likeness (QED) is 0.372. The third-order valence-electron chi connectivity index (χ3n) is 2.88. The lowest BCUT2D eigenvalue weighted by molar-refractivity contribution is -0.384. The summed E-state index contributed by atoms with van der Waals surface area (Å²) in [4.78, 5) is 19.2. The largest absolute Gasteiger partial charge is 0.300 e. The summed E-state index contributed by atoms with van der Waals surface area (Å²) >= 11 is 2.49. The Balaban J connectivity index is 1.62. The predicted molar refractivity (Wildman–Crippen MR) is 89.4 cm³/mol. The van der Waals surface area contributed by atoms with Crippen LogP contribution in [0.4, 0.5) is 5.69 Å². The fraction of sp³-hybridized carbons (Fsp3) is 0.143. The van der Waals surface area contributed by atoms with E-state index in [1.807, 2.05) is 6.92 Å². The molecule has 24 heavy (non-hydrogen) atoms. The van der Waals surface area contributed by atoms with Gasteiger partial charge in [-0.15, -0.1) is 10.2 Å². The van der Waals surface area contributed by atoms with Gasteiger partial charge >= 0.3 is 0 Å². The molecule has 10 heteroatoms. The second-order valence-electron chi connectivity index (χ2n) is 4.59. The van der Waals surface area contributed by atoms with Gasteiger partial charge in [0.15, 0.2) is 10.8 Å². The van der Waals surface area contributed by atoms with E-state index in [9.17, 15) is 10.1 Å². The van der Waals surface area contributed by atoms with Crippen LogP contribution in [0.3, 0.4) is 0 Å². The molecule has 0 N–H and O–H groups in total. The molecule has 2 aromatic heterocycles. The highest BCUT2D eigenvalue weighted by atomic mass is 32.2. The molecule has 3 rings (SSSR count). The average molecular weight is 361 g/mol. The Bertz CT molecular complexity index is 826. The number of hydrogen-bond acceptors (Lipinski definition) is 9. The van der Waals surface area contributed by atoms with E-state index in [0.717, 1.165) is 16.9 Å². The maximum absolute atomic E-state index is 10.6. The van der Waals surface area contributed by atoms with Crippen LogP contribution in [-0.2, 0) is 4.18 Å². The molecule has 0 bridgehead atoms. The lowest BCUT2D eigenvalue weighted by Gasteiger charge is -2.07. The first-order valence-electron chi connectivity index (χ1n) is 6.82. The number of nitro benzene ring substituents is 1. The molecule has 122 valence electrons. The van der Waals surface area contributed by atoms with Crippen molar-refractivity contribution in [3.05, 3.63) is 57.8 Å². The number of non-ortho nitro benzene ring substituents is 1. The summed E-state index contributed by atoms with van der Waals surface area (Å²) in [6.45, 7) is 1.86. The Morgan fingerprint density at radius 2 is 1.92 bits per heavy atom. The molecular formula is C14H11N5O3S2. The summed E-state index contributed by atoms with van der Waals surface area (Å²) < 4.78 is 5.68. The van der Waals surface area contributed by atoms with E-state index in [1.165, 1.54) is 23.5 Å². The SMILES string of the molecule is CC(OSc1ccc([N+](=O)[O-])cc1)c1nnc(-c2ncccn2)s1. The van der Waals surface area contributed by atoms with E-state index in [4.69, 9.17) is 4.18 Å². The van der Waals surface area contributed by atoms with Crippen LogP contribution in [0.1, 0.15) is 18.0 Å². The first-order valence-corrected chi connectivity index (χ1v) is 8.38. The van der Waals surface area contributed by atoms with E-state index in [0.29, 0.717) is 15.8 Å². The van der Waals surface area contributed by atoms with Crippen LogP contribution in [0.15, 0.2) is 47.6 Å². The summed E-state index contributed by atoms with van der Waals surface area (Å²) in [6.07, 6.45) is 3.00. The molecule has 2 heterocycles. The van der Waals surface area contributed by atoms with Crippen LogP contribution in [0.5, 0.6) is 0 Å². The van der Waals surface area contributed by atoms with Gasteiger partial charge in [-0.25, -0.2) is 9.97 Å². The molecule has 0 saturated heterocycles. The van der Waals surface area contributed by atoms with Crippen molar-refractivity contribution in [1.29, 1.82) is 0 Å². The molecule has 0 aliphatic carbocycles. The minimum Gasteiger partial charge on any atom is -0.300 e. The number of nitrogens with zero attached hydrogens (tertiary/aromatic N) is 5. The van der Waals surface area contributed by atoms with Crippen molar-refractivity contribution >= 4 is 29.1 Å². The Hall–Kier alpha value is -2.43. The number of rotatable bonds is 6. The van der Waals surface area contributed by atoms with Gasteiger partial charge in [0.25, 0.3) is 5.69 Å². The van der Waals surface area contributed by atoms with Crippen molar-refractivity contribution in [2.75, 3.05) is 0 Å². The summed E-state index contributed by atoms with van der Waals surface area (Å²) in [5.41, 5.74) is 0.0454. The van der Waals surface area contributed by atoms with Gasteiger partial charge in [-0.2, -0.15) is 0 Å². The van der Waals surface area contributed by atoms with Crippen molar-refractivity contribution in [2.24, 2.45) is 0 Å². The van der Waals surface area contributed by atoms with Crippen molar-refractivity contribution in [3.63, 3.8) is 0 Å². The Labute approximate surface area is 145 Å². The fourth-order valence-corrected chi connectivity index (χ4v) is 3.12. The average Bonchev–Trinajstić information content (AvgIpc) is 3.11. The zero-order valence-corrected chi connectivity index (χ0v) is 14.0. The fourth-order valence-electron chi connectivity index (χ4n) is 1.69. The molecule has 3 aromatic rings. The second kappa shape index (κ2) is 7.43. The van der Waals surface area contributed by atoms with Gasteiger partial charge in [0.2, 0.25) is 0 Å². The van der Waals surface area contributed by atoms with Gasteiger partial charge in [-0.05, 0) is 25.1 Å². The maximum Gasteiger partial charge on any atom is 0.269 e. The molecule has 0 fully saturated rings. The van der Waals surface area contributed by atoms with Crippen LogP contribution in [0, 0.1) is 10.1 Å². The Morgan fingerprint density at radius 3 is 2.58 bits per heavy atom. The number of benzene rings is 1. The molecule has 8 nitrogen and oxygen atoms in total. The van der Waals surface area contributed by atoms with Gasteiger partial charge in [0.1, 0.15) is 11.1 Å². The highest BCUT2D eigenvalue weighted by Crippen LogP contribution is 2.31. The Kier molecular flexibility index (Phi) is 5.08. The molecule has 0 aliphatic rings. The van der Waals surface area contributed by atoms with Crippen LogP contribution >= 0.6 is 23.4 Å². The molecule has 0 amide bonds. The van der Waals surface area contributed by atoms with Gasteiger partial charge in [0.05, 0.1) is 4.92 Å². The topological polar surface area (TPSA) is 104 Å². The minimum atomic E-state index is -0.438. The van der Waals surface area contributed by atoms with E-state index < -0.39 is 4.92 Å². The standard InChI is InChI=1S/C14H11N5O3S2/c1-9(22-24-11-5-3-10(4-6-11)19(20)21)13-17-18-14(23-13)12-15-7-2-8-16-12/h2-9H,1H3. The molecule has 1 unspecified atom stereocenters. The van der Waals surface area contributed by atoms with Gasteiger partial charge in [0, 0.05) is 41.5 Å². The highest BCUT2D eigenvalue weighted by Gasteiger charge is 2.16. The molecule has 0 spiro atoms. The lowest BCUT2D eigenvalue weighted by atomic mass is 10.3. The highest BCUT2D eigenvalue weighted by molar-refractivity contribution is 7.94. The van der Waals surface area contributed by atoms with Crippen molar-refractivity contribution < 1.29 is 9.11 Å². The monoisotopic (exact) mass is 361 g/mol. The Morgan fingerprint density at radius 1 is 1.21 bits per heavy atom. The molecule has 1 atom stereocenters. The van der Waals surface area contributed by atoms with Crippen molar-refractivity contribution in [2.45, 2.75) is 17.9 Å². The van der Waals surface area contributed by atoms with Gasteiger partial charge in [-0.3, -0.25) is 14.3 Å². The molecule has 0 saturated carbocycles. The maximum atomic E-state index is 10.6. The van der Waals surface area contributed by atoms with Crippen LogP contribution in [0.2, 0.25) is 0 Å². The van der Waals surface area contributed by atoms with Crippen LogP contribution < -0.4 is 0 Å².